The molecule has 0 amide bonds. The molecule has 0 saturated heterocycles. The first-order valence-electron chi connectivity index (χ1n) is 4.20. The summed E-state index contributed by atoms with van der Waals surface area (Å²) < 4.78 is 38.1. The predicted octanol–water partition coefficient (Wildman–Crippen LogP) is 3.03. The largest absolute Gasteiger partial charge is 0.419 e. The van der Waals surface area contributed by atoms with Gasteiger partial charge in [-0.1, -0.05) is 12.2 Å². The number of aromatic nitrogens is 1. The first-order valence-corrected chi connectivity index (χ1v) is 5.84. The Labute approximate surface area is 105 Å². The Morgan fingerprint density at radius 3 is 2.71 bits per heavy atom. The quantitative estimate of drug-likeness (QED) is 0.800. The minimum absolute atomic E-state index is 0.107. The number of pyridine rings is 1. The van der Waals surface area contributed by atoms with E-state index in [9.17, 15) is 13.2 Å². The first-order chi connectivity index (χ1) is 7.88. The molecule has 0 aromatic carbocycles. The van der Waals surface area contributed by atoms with Crippen LogP contribution in [0, 0.1) is 11.3 Å². The molecule has 1 aromatic heterocycles. The smallest absolute Gasteiger partial charge is 0.340 e. The number of alkyl halides is 3. The van der Waals surface area contributed by atoms with Crippen LogP contribution >= 0.6 is 24.0 Å². The molecule has 3 nitrogen and oxygen atoms in total. The molecule has 0 bridgehead atoms. The van der Waals surface area contributed by atoms with E-state index in [2.05, 4.69) is 10.3 Å². The second-order valence-corrected chi connectivity index (χ2v) is 4.33. The lowest BCUT2D eigenvalue weighted by Gasteiger charge is -2.11. The van der Waals surface area contributed by atoms with Crippen LogP contribution in [0.15, 0.2) is 12.3 Å². The Bertz CT molecular complexity index is 479. The van der Waals surface area contributed by atoms with Gasteiger partial charge in [0.05, 0.1) is 17.4 Å². The summed E-state index contributed by atoms with van der Waals surface area (Å²) in [6, 6.07) is 2.21. The third kappa shape index (κ3) is 3.57. The number of nitrogens with one attached hydrogen (secondary N) is 1. The van der Waals surface area contributed by atoms with Crippen LogP contribution in [-0.2, 0) is 6.18 Å². The summed E-state index contributed by atoms with van der Waals surface area (Å²) in [6.07, 6.45) is -1.79. The molecule has 0 saturated carbocycles. The van der Waals surface area contributed by atoms with Gasteiger partial charge in [-0.05, 0) is 12.3 Å². The SMILES string of the molecule is CSC(=S)Nc1cnc(C#N)c(C(F)(F)F)c1. The van der Waals surface area contributed by atoms with Crippen LogP contribution in [0.4, 0.5) is 18.9 Å². The van der Waals surface area contributed by atoms with Gasteiger partial charge in [0.2, 0.25) is 0 Å². The van der Waals surface area contributed by atoms with Gasteiger partial charge in [-0.25, -0.2) is 4.98 Å². The van der Waals surface area contributed by atoms with Crippen LogP contribution in [0.3, 0.4) is 0 Å². The second-order valence-electron chi connectivity index (χ2n) is 2.85. The van der Waals surface area contributed by atoms with E-state index in [1.165, 1.54) is 17.8 Å². The highest BCUT2D eigenvalue weighted by Crippen LogP contribution is 2.32. The van der Waals surface area contributed by atoms with Crippen LogP contribution in [-0.4, -0.2) is 15.6 Å². The van der Waals surface area contributed by atoms with Crippen molar-refractivity contribution in [1.29, 1.82) is 5.26 Å². The van der Waals surface area contributed by atoms with Crippen molar-refractivity contribution in [1.82, 2.24) is 4.98 Å². The zero-order valence-corrected chi connectivity index (χ0v) is 10.1. The normalized spacial score (nSPS) is 10.8. The van der Waals surface area contributed by atoms with E-state index in [0.29, 0.717) is 4.32 Å². The fourth-order valence-electron chi connectivity index (χ4n) is 1.01. The lowest BCUT2D eigenvalue weighted by molar-refractivity contribution is -0.138. The lowest BCUT2D eigenvalue weighted by atomic mass is 10.2. The van der Waals surface area contributed by atoms with E-state index in [1.807, 2.05) is 0 Å². The topological polar surface area (TPSA) is 48.7 Å². The summed E-state index contributed by atoms with van der Waals surface area (Å²) in [5, 5.41) is 11.1. The molecular weight excluding hydrogens is 271 g/mol. The minimum atomic E-state index is -4.61. The molecule has 90 valence electrons. The maximum Gasteiger partial charge on any atom is 0.419 e. The van der Waals surface area contributed by atoms with Crippen molar-refractivity contribution in [2.75, 3.05) is 11.6 Å². The van der Waals surface area contributed by atoms with Gasteiger partial charge in [0.25, 0.3) is 0 Å². The molecule has 1 heterocycles. The van der Waals surface area contributed by atoms with E-state index >= 15 is 0 Å². The zero-order chi connectivity index (χ0) is 13.1. The van der Waals surface area contributed by atoms with Crippen LogP contribution in [0.25, 0.3) is 0 Å². The highest BCUT2D eigenvalue weighted by molar-refractivity contribution is 8.22. The van der Waals surface area contributed by atoms with E-state index < -0.39 is 17.4 Å². The number of rotatable bonds is 1. The third-order valence-electron chi connectivity index (χ3n) is 1.73. The average Bonchev–Trinajstić information content (AvgIpc) is 2.27. The fraction of sp³-hybridized carbons (Fsp3) is 0.222. The molecule has 1 rings (SSSR count). The summed E-state index contributed by atoms with van der Waals surface area (Å²) in [7, 11) is 0. The monoisotopic (exact) mass is 277 g/mol. The summed E-state index contributed by atoms with van der Waals surface area (Å²) in [6.45, 7) is 0. The van der Waals surface area contributed by atoms with Crippen molar-refractivity contribution in [2.45, 2.75) is 6.18 Å². The van der Waals surface area contributed by atoms with Crippen molar-refractivity contribution in [3.05, 3.63) is 23.5 Å². The van der Waals surface area contributed by atoms with Gasteiger partial charge < -0.3 is 5.32 Å². The number of thioether (sulfide) groups is 1. The molecule has 0 fully saturated rings. The predicted molar refractivity (Wildman–Crippen MR) is 63.7 cm³/mol. The van der Waals surface area contributed by atoms with Crippen LogP contribution in [0.1, 0.15) is 11.3 Å². The van der Waals surface area contributed by atoms with Gasteiger partial charge in [0.15, 0.2) is 5.69 Å². The molecule has 0 aliphatic rings. The Balaban J connectivity index is 3.15. The van der Waals surface area contributed by atoms with E-state index in [-0.39, 0.29) is 5.69 Å². The number of hydrogen-bond acceptors (Lipinski definition) is 4. The summed E-state index contributed by atoms with van der Waals surface area (Å²) in [4.78, 5) is 3.44. The second kappa shape index (κ2) is 5.33. The Morgan fingerprint density at radius 1 is 1.59 bits per heavy atom. The first kappa shape index (κ1) is 13.7. The standard InChI is InChI=1S/C9H6F3N3S2/c1-17-8(16)15-5-2-6(9(10,11)12)7(3-13)14-4-5/h2,4H,1H3,(H,15,16). The number of thiocarbonyl (C=S) groups is 1. The molecule has 0 unspecified atom stereocenters. The highest BCUT2D eigenvalue weighted by atomic mass is 32.2. The average molecular weight is 277 g/mol. The van der Waals surface area contributed by atoms with Crippen LogP contribution in [0.2, 0.25) is 0 Å². The van der Waals surface area contributed by atoms with Gasteiger partial charge in [-0.2, -0.15) is 18.4 Å². The van der Waals surface area contributed by atoms with Crippen molar-refractivity contribution < 1.29 is 13.2 Å². The fourth-order valence-corrected chi connectivity index (χ4v) is 1.34. The summed E-state index contributed by atoms with van der Waals surface area (Å²) >= 11 is 6.00. The molecule has 0 atom stereocenters. The summed E-state index contributed by atoms with van der Waals surface area (Å²) in [5.41, 5.74) is -1.62. The third-order valence-corrected chi connectivity index (χ3v) is 2.81. The van der Waals surface area contributed by atoms with Gasteiger partial charge >= 0.3 is 6.18 Å². The molecule has 1 N–H and O–H groups in total. The van der Waals surface area contributed by atoms with E-state index in [0.717, 1.165) is 12.3 Å². The van der Waals surface area contributed by atoms with Gasteiger partial charge in [-0.15, -0.1) is 11.8 Å². The number of anilines is 1. The van der Waals surface area contributed by atoms with E-state index in [1.54, 1.807) is 6.26 Å². The Kier molecular flexibility index (Phi) is 4.31. The van der Waals surface area contributed by atoms with Crippen molar-refractivity contribution in [3.63, 3.8) is 0 Å². The van der Waals surface area contributed by atoms with E-state index in [4.69, 9.17) is 17.5 Å². The maximum absolute atomic E-state index is 12.6. The van der Waals surface area contributed by atoms with Gasteiger partial charge in [-0.3, -0.25) is 0 Å². The molecule has 17 heavy (non-hydrogen) atoms. The minimum Gasteiger partial charge on any atom is -0.340 e. The molecule has 0 spiro atoms. The Morgan fingerprint density at radius 2 is 2.24 bits per heavy atom. The summed E-state index contributed by atoms with van der Waals surface area (Å²) in [5.74, 6) is 0. The van der Waals surface area contributed by atoms with Crippen molar-refractivity contribution in [2.24, 2.45) is 0 Å². The molecule has 0 aliphatic heterocycles. The zero-order valence-electron chi connectivity index (χ0n) is 8.50. The van der Waals surface area contributed by atoms with Gasteiger partial charge in [0, 0.05) is 0 Å². The molecule has 8 heteroatoms. The van der Waals surface area contributed by atoms with Crippen LogP contribution < -0.4 is 5.32 Å². The molecule has 1 aromatic rings. The molecule has 0 radical (unpaired) electrons. The maximum atomic E-state index is 12.6. The number of hydrogen-bond donors (Lipinski definition) is 1. The van der Waals surface area contributed by atoms with Gasteiger partial charge in [0.1, 0.15) is 10.4 Å². The van der Waals surface area contributed by atoms with Crippen molar-refractivity contribution in [3.8, 4) is 6.07 Å². The molecule has 0 aliphatic carbocycles. The number of nitrogens with zero attached hydrogens (tertiary/aromatic N) is 2. The van der Waals surface area contributed by atoms with Crippen LogP contribution in [0.5, 0.6) is 0 Å². The number of nitriles is 1. The van der Waals surface area contributed by atoms with Crippen molar-refractivity contribution >= 4 is 34.0 Å². The highest BCUT2D eigenvalue weighted by Gasteiger charge is 2.34. The Hall–Kier alpha value is -1.33. The molecular formula is C9H6F3N3S2. The number of halogens is 3. The lowest BCUT2D eigenvalue weighted by Crippen LogP contribution is -2.11.